The van der Waals surface area contributed by atoms with Gasteiger partial charge in [-0.25, -0.2) is 4.79 Å². The van der Waals surface area contributed by atoms with Crippen molar-refractivity contribution in [2.45, 2.75) is 171 Å². The number of hydrogen-bond donors (Lipinski definition) is 4. The van der Waals surface area contributed by atoms with Crippen LogP contribution in [0.5, 0.6) is 0 Å². The predicted octanol–water partition coefficient (Wildman–Crippen LogP) is 6.82. The van der Waals surface area contributed by atoms with E-state index in [1.54, 1.807) is 0 Å². The number of benzene rings is 1. The summed E-state index contributed by atoms with van der Waals surface area (Å²) in [6.45, 7) is 10.0. The van der Waals surface area contributed by atoms with Gasteiger partial charge in [0.2, 0.25) is 0 Å². The molecule has 21 unspecified atom stereocenters. The third kappa shape index (κ3) is 6.44. The SMILES string of the molecule is CC(C)CCC1(C)OC2CC(=O)OCC23C1C(=O)C(O)C12C4CC(Cc5ccccc5)CCC4C#CC4CCc5coc(CC(C(O)CO)C6CCC7C(C=CN8CNCC78)C6)c5C45OC(=O)C4OC41C5(C)CCC32. The Morgan fingerprint density at radius 2 is 1.83 bits per heavy atom. The van der Waals surface area contributed by atoms with E-state index in [-0.39, 0.29) is 61.0 Å². The van der Waals surface area contributed by atoms with Crippen LogP contribution in [0, 0.1) is 93.2 Å². The minimum atomic E-state index is -1.54. The van der Waals surface area contributed by atoms with Gasteiger partial charge in [-0.3, -0.25) is 14.9 Å². The Morgan fingerprint density at radius 1 is 0.987 bits per heavy atom. The zero-order valence-corrected chi connectivity index (χ0v) is 44.3. The Morgan fingerprint density at radius 3 is 2.64 bits per heavy atom. The Hall–Kier alpha value is -4.03. The van der Waals surface area contributed by atoms with Crippen LogP contribution in [0.25, 0.3) is 0 Å². The van der Waals surface area contributed by atoms with Crippen LogP contribution in [0.1, 0.15) is 127 Å². The number of cyclic esters (lactones) is 1. The lowest BCUT2D eigenvalue weighted by Gasteiger charge is -2.72. The van der Waals surface area contributed by atoms with Crippen LogP contribution in [0.2, 0.25) is 0 Å². The largest absolute Gasteiger partial charge is 0.469 e. The maximum Gasteiger partial charge on any atom is 0.339 e. The Labute approximate surface area is 441 Å². The van der Waals surface area contributed by atoms with E-state index < -0.39 is 81.2 Å². The minimum Gasteiger partial charge on any atom is -0.469 e. The second-order valence-corrected chi connectivity index (χ2v) is 26.9. The van der Waals surface area contributed by atoms with Gasteiger partial charge in [-0.05, 0) is 155 Å². The zero-order valence-electron chi connectivity index (χ0n) is 44.3. The molecule has 1 aromatic heterocycles. The summed E-state index contributed by atoms with van der Waals surface area (Å²) in [5.74, 6) is 6.20. The van der Waals surface area contributed by atoms with E-state index in [9.17, 15) is 20.1 Å². The van der Waals surface area contributed by atoms with Crippen LogP contribution in [0.4, 0.5) is 0 Å². The highest BCUT2D eigenvalue weighted by molar-refractivity contribution is 5.92. The van der Waals surface area contributed by atoms with E-state index in [0.717, 1.165) is 69.3 Å². The molecule has 6 aliphatic heterocycles. The van der Waals surface area contributed by atoms with Gasteiger partial charge in [0, 0.05) is 46.7 Å². The number of carbonyl (C=O) groups is 3. The van der Waals surface area contributed by atoms with Crippen molar-refractivity contribution in [3.8, 4) is 11.8 Å². The smallest absolute Gasteiger partial charge is 0.339 e. The number of ketones is 1. The molecule has 21 atom stereocenters. The van der Waals surface area contributed by atoms with Crippen molar-refractivity contribution in [1.82, 2.24) is 10.2 Å². The standard InChI is InChI=1S/C62H78N2O11/c1-34(2)18-21-57(3)53-52(68)54(69)60-44-25-36(24-35-8-6-5-7-9-35)10-11-37(44)12-15-41-16-13-40-31-71-47(27-43(46(66)30-65)38-14-17-42-39(26-38)20-23-64-33-63-29-45(42)64)51(40)61(41)58(4,62(60)55(74-62)56(70)75-61)22-19-48(60)59(53)32-72-50(67)28-49(59)73-57/h5-9,20,23,31,34,36-39,41-46,48-49,53-55,63,65-66,69H,10-11,13-14,16-19,21-22,24-30,32-33H2,1-4H3. The number of esters is 2. The number of aryl methyl sites for hydroxylation is 1. The summed E-state index contributed by atoms with van der Waals surface area (Å²) in [6, 6.07) is 11.0. The van der Waals surface area contributed by atoms with Crippen LogP contribution in [0.15, 0.2) is 53.3 Å². The van der Waals surface area contributed by atoms with Crippen LogP contribution >= 0.6 is 0 Å². The van der Waals surface area contributed by atoms with Gasteiger partial charge in [0.25, 0.3) is 0 Å². The number of aliphatic hydroxyl groups excluding tert-OH is 3. The van der Waals surface area contributed by atoms with Crippen LogP contribution in [0.3, 0.4) is 0 Å². The van der Waals surface area contributed by atoms with Gasteiger partial charge in [-0.15, -0.1) is 0 Å². The lowest BCUT2D eigenvalue weighted by molar-refractivity contribution is -0.301. The maximum absolute atomic E-state index is 16.4. The molecule has 13 nitrogen and oxygen atoms in total. The molecule has 4 N–H and O–H groups in total. The first-order chi connectivity index (χ1) is 36.1. The van der Waals surface area contributed by atoms with Crippen molar-refractivity contribution in [3.63, 3.8) is 0 Å². The summed E-state index contributed by atoms with van der Waals surface area (Å²) in [5, 5.41) is 40.5. The molecule has 75 heavy (non-hydrogen) atoms. The van der Waals surface area contributed by atoms with Crippen molar-refractivity contribution in [3.05, 3.63) is 71.3 Å². The summed E-state index contributed by atoms with van der Waals surface area (Å²) in [6.07, 6.45) is 12.2. The number of rotatable bonds is 10. The summed E-state index contributed by atoms with van der Waals surface area (Å²) in [7, 11) is 0. The predicted molar refractivity (Wildman–Crippen MR) is 274 cm³/mol. The Kier molecular flexibility index (Phi) is 11.3. The molecular formula is C62H78N2O11. The third-order valence-corrected chi connectivity index (χ3v) is 23.4. The number of ether oxygens (including phenoxy) is 4. The van der Waals surface area contributed by atoms with Gasteiger partial charge in [0.05, 0.1) is 55.6 Å². The number of aliphatic hydroxyl groups is 3. The number of hydrogen-bond acceptors (Lipinski definition) is 13. The molecule has 4 saturated carbocycles. The molecule has 1 aromatic carbocycles. The number of fused-ring (bicyclic) bond motifs is 5. The van der Waals surface area contributed by atoms with E-state index in [1.165, 1.54) is 5.56 Å². The molecule has 9 fully saturated rings. The number of furan rings is 1. The molecule has 6 aliphatic carbocycles. The summed E-state index contributed by atoms with van der Waals surface area (Å²) < 4.78 is 35.1. The van der Waals surface area contributed by atoms with Crippen molar-refractivity contribution >= 4 is 17.7 Å². The van der Waals surface area contributed by atoms with E-state index in [0.29, 0.717) is 74.5 Å². The van der Waals surface area contributed by atoms with Crippen molar-refractivity contribution < 1.29 is 53.1 Å². The number of allylic oxidation sites excluding steroid dienone is 1. The van der Waals surface area contributed by atoms with Crippen molar-refractivity contribution in [2.24, 2.45) is 81.3 Å². The number of Topliss-reactive ketones (excluding diaryl/α,β-unsaturated/α-hetero) is 1. The quantitative estimate of drug-likeness (QED) is 0.111. The number of nitrogens with one attached hydrogen (secondary N) is 1. The minimum absolute atomic E-state index is 0.00550. The molecule has 4 spiro atoms. The Bertz CT molecular complexity index is 2750. The normalized spacial score (nSPS) is 47.2. The molecular weight excluding hydrogens is 949 g/mol. The van der Waals surface area contributed by atoms with E-state index in [1.807, 2.05) is 19.3 Å². The van der Waals surface area contributed by atoms with E-state index in [4.69, 9.17) is 23.4 Å². The fraction of sp³-hybridized carbons (Fsp3) is 0.726. The second kappa shape index (κ2) is 17.2. The highest BCUT2D eigenvalue weighted by Crippen LogP contribution is 2.85. The fourth-order valence-corrected chi connectivity index (χ4v) is 20.5. The van der Waals surface area contributed by atoms with Crippen LogP contribution < -0.4 is 5.32 Å². The molecule has 2 aromatic rings. The first-order valence-corrected chi connectivity index (χ1v) is 29.2. The Balaban J connectivity index is 0.940. The molecule has 0 radical (unpaired) electrons. The number of epoxide rings is 1. The van der Waals surface area contributed by atoms with E-state index in [2.05, 4.69) is 79.4 Å². The van der Waals surface area contributed by atoms with Gasteiger partial charge in [0.15, 0.2) is 17.5 Å². The van der Waals surface area contributed by atoms with Gasteiger partial charge in [0.1, 0.15) is 24.1 Å². The molecule has 0 amide bonds. The van der Waals surface area contributed by atoms with Gasteiger partial charge in [-0.1, -0.05) is 69.0 Å². The third-order valence-electron chi connectivity index (χ3n) is 23.4. The van der Waals surface area contributed by atoms with Gasteiger partial charge < -0.3 is 43.6 Å². The fourth-order valence-electron chi connectivity index (χ4n) is 20.5. The monoisotopic (exact) mass is 1030 g/mol. The lowest BCUT2D eigenvalue weighted by Crippen LogP contribution is -2.81. The van der Waals surface area contributed by atoms with Gasteiger partial charge in [-0.2, -0.15) is 0 Å². The lowest BCUT2D eigenvalue weighted by atomic mass is 9.30. The van der Waals surface area contributed by atoms with Crippen LogP contribution in [-0.4, -0.2) is 106 Å². The molecule has 12 aliphatic rings. The van der Waals surface area contributed by atoms with Crippen molar-refractivity contribution in [1.29, 1.82) is 0 Å². The average molecular weight is 1030 g/mol. The zero-order chi connectivity index (χ0) is 51.6. The topological polar surface area (TPSA) is 181 Å². The molecule has 5 saturated heterocycles. The van der Waals surface area contributed by atoms with Crippen LogP contribution in [-0.2, 0) is 58.2 Å². The first kappa shape index (κ1) is 49.3. The maximum atomic E-state index is 16.4. The second-order valence-electron chi connectivity index (χ2n) is 26.9. The van der Waals surface area contributed by atoms with Gasteiger partial charge >= 0.3 is 11.9 Å². The molecule has 402 valence electrons. The summed E-state index contributed by atoms with van der Waals surface area (Å²) >= 11 is 0. The summed E-state index contributed by atoms with van der Waals surface area (Å²) in [4.78, 5) is 48.2. The first-order valence-electron chi connectivity index (χ1n) is 29.2. The molecule has 13 heteroatoms. The highest BCUT2D eigenvalue weighted by Gasteiger charge is 2.96. The molecule has 4 bridgehead atoms. The molecule has 14 rings (SSSR count). The highest BCUT2D eigenvalue weighted by atomic mass is 16.7. The molecule has 7 heterocycles. The summed E-state index contributed by atoms with van der Waals surface area (Å²) in [5.41, 5.74) is -4.23. The van der Waals surface area contributed by atoms with Crippen molar-refractivity contribution in [2.75, 3.05) is 26.4 Å². The number of nitrogens with zero attached hydrogens (tertiary/aromatic N) is 1. The van der Waals surface area contributed by atoms with E-state index >= 15 is 9.59 Å². The number of carbonyl (C=O) groups excluding carboxylic acids is 3. The average Bonchev–Trinajstić information content (AvgIpc) is 2.57.